The van der Waals surface area contributed by atoms with Gasteiger partial charge in [0.25, 0.3) is 10.0 Å². The molecule has 0 atom stereocenters. The highest BCUT2D eigenvalue weighted by Gasteiger charge is 2.28. The first-order valence-corrected chi connectivity index (χ1v) is 13.5. The number of aryl methyl sites for hydroxylation is 1. The van der Waals surface area contributed by atoms with E-state index in [-0.39, 0.29) is 21.4 Å². The smallest absolute Gasteiger partial charge is 0.261 e. The molecule has 3 aromatic rings. The number of hydrogen-bond acceptors (Lipinski definition) is 5. The second-order valence-electron chi connectivity index (χ2n) is 7.79. The maximum atomic E-state index is 13.1. The third-order valence-corrected chi connectivity index (χ3v) is 9.06. The van der Waals surface area contributed by atoms with Gasteiger partial charge in [0.15, 0.2) is 0 Å². The Kier molecular flexibility index (Phi) is 6.41. The van der Waals surface area contributed by atoms with E-state index < -0.39 is 20.0 Å². The van der Waals surface area contributed by atoms with Gasteiger partial charge in [0.05, 0.1) is 21.9 Å². The van der Waals surface area contributed by atoms with Crippen LogP contribution < -0.4 is 9.46 Å². The van der Waals surface area contributed by atoms with Crippen molar-refractivity contribution in [2.24, 2.45) is 0 Å². The molecule has 7 nitrogen and oxygen atoms in total. The first-order chi connectivity index (χ1) is 15.6. The van der Waals surface area contributed by atoms with Crippen LogP contribution in [0.5, 0.6) is 5.75 Å². The van der Waals surface area contributed by atoms with Gasteiger partial charge in [0, 0.05) is 18.8 Å². The van der Waals surface area contributed by atoms with Crippen LogP contribution in [-0.2, 0) is 33.0 Å². The number of ether oxygens (including phenoxy) is 1. The number of anilines is 1. The minimum atomic E-state index is -3.90. The molecule has 1 N–H and O–H groups in total. The molecular formula is C23H23ClN2O5S2. The molecule has 0 spiro atoms. The third-order valence-electron chi connectivity index (χ3n) is 5.53. The first-order valence-electron chi connectivity index (χ1n) is 10.1. The molecule has 0 aliphatic carbocycles. The maximum Gasteiger partial charge on any atom is 0.261 e. The van der Waals surface area contributed by atoms with Crippen molar-refractivity contribution < 1.29 is 21.6 Å². The zero-order valence-corrected chi connectivity index (χ0v) is 20.5. The van der Waals surface area contributed by atoms with E-state index >= 15 is 0 Å². The second-order valence-corrected chi connectivity index (χ2v) is 11.8. The average Bonchev–Trinajstić information content (AvgIpc) is 2.78. The Labute approximate surface area is 199 Å². The molecule has 1 aliphatic rings. The summed E-state index contributed by atoms with van der Waals surface area (Å²) in [6, 6.07) is 16.1. The molecule has 33 heavy (non-hydrogen) atoms. The van der Waals surface area contributed by atoms with Gasteiger partial charge in [-0.15, -0.1) is 0 Å². The molecule has 10 heteroatoms. The number of sulfonamides is 2. The SMILES string of the molecule is COc1ccc(S(=O)(=O)Nc2ccc3c(c2)CN(S(=O)(=O)c2ccc(C)cc2)CC3)cc1Cl. The van der Waals surface area contributed by atoms with Gasteiger partial charge in [0.2, 0.25) is 10.0 Å². The number of benzene rings is 3. The van der Waals surface area contributed by atoms with Gasteiger partial charge < -0.3 is 4.74 Å². The molecule has 0 radical (unpaired) electrons. The lowest BCUT2D eigenvalue weighted by atomic mass is 10.0. The van der Waals surface area contributed by atoms with E-state index in [0.717, 1.165) is 16.7 Å². The lowest BCUT2D eigenvalue weighted by molar-refractivity contribution is 0.391. The van der Waals surface area contributed by atoms with Crippen molar-refractivity contribution in [1.29, 1.82) is 0 Å². The van der Waals surface area contributed by atoms with E-state index in [0.29, 0.717) is 24.4 Å². The molecule has 0 saturated carbocycles. The number of methoxy groups -OCH3 is 1. The van der Waals surface area contributed by atoms with Crippen molar-refractivity contribution >= 4 is 37.3 Å². The molecule has 0 unspecified atom stereocenters. The summed E-state index contributed by atoms with van der Waals surface area (Å²) in [6.07, 6.45) is 0.543. The van der Waals surface area contributed by atoms with Crippen LogP contribution in [0.2, 0.25) is 5.02 Å². The highest BCUT2D eigenvalue weighted by Crippen LogP contribution is 2.30. The fraction of sp³-hybridized carbons (Fsp3) is 0.217. The Hall–Kier alpha value is -2.59. The summed E-state index contributed by atoms with van der Waals surface area (Å²) in [4.78, 5) is 0.236. The minimum absolute atomic E-state index is 0.00500. The Morgan fingerprint density at radius 2 is 1.61 bits per heavy atom. The van der Waals surface area contributed by atoms with Crippen LogP contribution in [0.4, 0.5) is 5.69 Å². The van der Waals surface area contributed by atoms with E-state index in [9.17, 15) is 16.8 Å². The lowest BCUT2D eigenvalue weighted by Gasteiger charge is -2.28. The Morgan fingerprint density at radius 1 is 0.909 bits per heavy atom. The van der Waals surface area contributed by atoms with Crippen molar-refractivity contribution in [1.82, 2.24) is 4.31 Å². The van der Waals surface area contributed by atoms with Gasteiger partial charge in [0.1, 0.15) is 5.75 Å². The Morgan fingerprint density at radius 3 is 2.27 bits per heavy atom. The number of nitrogens with zero attached hydrogens (tertiary/aromatic N) is 1. The van der Waals surface area contributed by atoms with Gasteiger partial charge in [-0.1, -0.05) is 35.4 Å². The van der Waals surface area contributed by atoms with Crippen LogP contribution in [0.3, 0.4) is 0 Å². The predicted octanol–water partition coefficient (Wildman–Crippen LogP) is 4.20. The molecule has 0 saturated heterocycles. The topological polar surface area (TPSA) is 92.8 Å². The van der Waals surface area contributed by atoms with Crippen LogP contribution in [0.25, 0.3) is 0 Å². The van der Waals surface area contributed by atoms with E-state index in [4.69, 9.17) is 16.3 Å². The Bertz CT molecular complexity index is 1410. The monoisotopic (exact) mass is 506 g/mol. The minimum Gasteiger partial charge on any atom is -0.495 e. The van der Waals surface area contributed by atoms with Gasteiger partial charge in [-0.05, 0) is 66.9 Å². The molecule has 174 valence electrons. The van der Waals surface area contributed by atoms with Gasteiger partial charge in [-0.3, -0.25) is 4.72 Å². The molecule has 1 aliphatic heterocycles. The van der Waals surface area contributed by atoms with Crippen LogP contribution in [0.15, 0.2) is 70.5 Å². The van der Waals surface area contributed by atoms with Crippen LogP contribution in [0, 0.1) is 6.92 Å². The summed E-state index contributed by atoms with van der Waals surface area (Å²) in [5.41, 5.74) is 3.06. The molecule has 3 aromatic carbocycles. The number of hydrogen-bond donors (Lipinski definition) is 1. The summed E-state index contributed by atoms with van der Waals surface area (Å²) in [7, 11) is -6.11. The van der Waals surface area contributed by atoms with Crippen LogP contribution in [-0.4, -0.2) is 34.8 Å². The zero-order valence-electron chi connectivity index (χ0n) is 18.1. The third kappa shape index (κ3) is 4.86. The summed E-state index contributed by atoms with van der Waals surface area (Å²) < 4.78 is 60.9. The predicted molar refractivity (Wildman–Crippen MR) is 128 cm³/mol. The normalized spacial score (nSPS) is 14.5. The maximum absolute atomic E-state index is 13.1. The summed E-state index contributed by atoms with van der Waals surface area (Å²) in [5, 5.41) is 0.183. The molecule has 4 rings (SSSR count). The fourth-order valence-electron chi connectivity index (χ4n) is 3.69. The van der Waals surface area contributed by atoms with Crippen molar-refractivity contribution in [3.05, 3.63) is 82.4 Å². The molecule has 0 fully saturated rings. The van der Waals surface area contributed by atoms with E-state index in [2.05, 4.69) is 4.72 Å². The molecular weight excluding hydrogens is 484 g/mol. The van der Waals surface area contributed by atoms with Crippen molar-refractivity contribution in [3.8, 4) is 5.75 Å². The first kappa shape index (κ1) is 23.6. The molecule has 0 bridgehead atoms. The van der Waals surface area contributed by atoms with Crippen molar-refractivity contribution in [2.75, 3.05) is 18.4 Å². The summed E-state index contributed by atoms with van der Waals surface area (Å²) >= 11 is 6.07. The molecule has 0 amide bonds. The average molecular weight is 507 g/mol. The number of halogens is 1. The van der Waals surface area contributed by atoms with E-state index in [1.165, 1.54) is 29.6 Å². The largest absolute Gasteiger partial charge is 0.495 e. The second kappa shape index (κ2) is 8.98. The highest BCUT2D eigenvalue weighted by atomic mass is 35.5. The van der Waals surface area contributed by atoms with E-state index in [1.54, 1.807) is 36.4 Å². The van der Waals surface area contributed by atoms with Crippen LogP contribution >= 0.6 is 11.6 Å². The molecule has 0 aromatic heterocycles. The number of nitrogens with one attached hydrogen (secondary N) is 1. The quantitative estimate of drug-likeness (QED) is 0.540. The fourth-order valence-corrected chi connectivity index (χ4v) is 6.50. The highest BCUT2D eigenvalue weighted by molar-refractivity contribution is 7.92. The number of rotatable bonds is 6. The van der Waals surface area contributed by atoms with Crippen molar-refractivity contribution in [2.45, 2.75) is 29.7 Å². The lowest BCUT2D eigenvalue weighted by Crippen LogP contribution is -2.36. The zero-order chi connectivity index (χ0) is 23.8. The standard InChI is InChI=1S/C23H23ClN2O5S2/c1-16-3-7-20(8-4-16)33(29,30)26-12-11-17-5-6-19(13-18(17)15-26)25-32(27,28)21-9-10-23(31-2)22(24)14-21/h3-10,13-14,25H,11-12,15H2,1-2H3. The Balaban J connectivity index is 1.58. The van der Waals surface area contributed by atoms with Gasteiger partial charge in [-0.25, -0.2) is 16.8 Å². The van der Waals surface area contributed by atoms with Crippen LogP contribution in [0.1, 0.15) is 16.7 Å². The van der Waals surface area contributed by atoms with Gasteiger partial charge >= 0.3 is 0 Å². The molecule has 1 heterocycles. The van der Waals surface area contributed by atoms with E-state index in [1.807, 2.05) is 13.0 Å². The van der Waals surface area contributed by atoms with Crippen molar-refractivity contribution in [3.63, 3.8) is 0 Å². The summed E-state index contributed by atoms with van der Waals surface area (Å²) in [5.74, 6) is 0.374. The number of fused-ring (bicyclic) bond motifs is 1. The summed E-state index contributed by atoms with van der Waals surface area (Å²) in [6.45, 7) is 2.42. The van der Waals surface area contributed by atoms with Gasteiger partial charge in [-0.2, -0.15) is 4.31 Å².